The number of rotatable bonds is 5. The molecule has 0 radical (unpaired) electrons. The highest BCUT2D eigenvalue weighted by Crippen LogP contribution is 2.44. The molecule has 3 amide bonds. The molecule has 0 unspecified atom stereocenters. The highest BCUT2D eigenvalue weighted by atomic mass is 32.1. The lowest BCUT2D eigenvalue weighted by Crippen LogP contribution is -2.37. The Kier molecular flexibility index (Phi) is 4.95. The first-order valence-electron chi connectivity index (χ1n) is 9.28. The monoisotopic (exact) mass is 395 g/mol. The molecule has 144 valence electrons. The topological polar surface area (TPSA) is 86.7 Å². The summed E-state index contributed by atoms with van der Waals surface area (Å²) in [5.41, 5.74) is 1.73. The van der Waals surface area contributed by atoms with Gasteiger partial charge in [-0.25, -0.2) is 9.78 Å². The zero-order chi connectivity index (χ0) is 19.7. The maximum Gasteiger partial charge on any atom is 0.331 e. The lowest BCUT2D eigenvalue weighted by atomic mass is 10.1. The minimum Gasteiger partial charge on any atom is -0.349 e. The Balaban J connectivity index is 1.79. The highest BCUT2D eigenvalue weighted by Gasteiger charge is 2.33. The van der Waals surface area contributed by atoms with Crippen LogP contribution in [0.1, 0.15) is 42.3 Å². The van der Waals surface area contributed by atoms with Gasteiger partial charge in [-0.1, -0.05) is 19.4 Å². The molecule has 8 heteroatoms. The average molecular weight is 395 g/mol. The smallest absolute Gasteiger partial charge is 0.331 e. The number of nitrogens with one attached hydrogen (secondary N) is 2. The van der Waals surface area contributed by atoms with Crippen molar-refractivity contribution < 1.29 is 9.59 Å². The predicted molar refractivity (Wildman–Crippen MR) is 113 cm³/mol. The van der Waals surface area contributed by atoms with E-state index in [2.05, 4.69) is 27.2 Å². The summed E-state index contributed by atoms with van der Waals surface area (Å²) in [5.74, 6) is -0.153. The number of aromatic nitrogens is 1. The summed E-state index contributed by atoms with van der Waals surface area (Å²) in [6.07, 6.45) is 10.7. The molecule has 1 fully saturated rings. The Labute approximate surface area is 166 Å². The van der Waals surface area contributed by atoms with Crippen molar-refractivity contribution in [3.8, 4) is 0 Å². The fourth-order valence-corrected chi connectivity index (χ4v) is 4.70. The van der Waals surface area contributed by atoms with Crippen LogP contribution < -0.4 is 15.5 Å². The number of carbonyl (C=O) groups excluding carboxylic acids is 2. The van der Waals surface area contributed by atoms with Crippen LogP contribution in [0.15, 0.2) is 41.8 Å². The number of anilines is 2. The molecule has 0 spiro atoms. The predicted octanol–water partition coefficient (Wildman–Crippen LogP) is 4.44. The minimum absolute atomic E-state index is 0.153. The van der Waals surface area contributed by atoms with E-state index in [1.807, 2.05) is 0 Å². The molecular formula is C20H21N5O2S. The molecular weight excluding hydrogens is 374 g/mol. The molecule has 7 nitrogen and oxygen atoms in total. The van der Waals surface area contributed by atoms with Crippen LogP contribution >= 0.6 is 11.3 Å². The number of hydrogen-bond acceptors (Lipinski definition) is 5. The fourth-order valence-electron chi connectivity index (χ4n) is 3.67. The molecule has 1 aliphatic heterocycles. The average Bonchev–Trinajstić information content (AvgIpc) is 3.33. The summed E-state index contributed by atoms with van der Waals surface area (Å²) in [6, 6.07) is 1.62. The van der Waals surface area contributed by atoms with Crippen molar-refractivity contribution in [2.24, 2.45) is 4.99 Å². The van der Waals surface area contributed by atoms with Gasteiger partial charge in [0.25, 0.3) is 5.91 Å². The van der Waals surface area contributed by atoms with Gasteiger partial charge in [0.05, 0.1) is 28.7 Å². The van der Waals surface area contributed by atoms with E-state index in [0.29, 0.717) is 26.8 Å². The molecule has 3 heterocycles. The number of thiophene rings is 1. The number of urea groups is 1. The number of nitrogens with zero attached hydrogens (tertiary/aromatic N) is 3. The van der Waals surface area contributed by atoms with Gasteiger partial charge >= 0.3 is 6.03 Å². The quantitative estimate of drug-likeness (QED) is 0.580. The van der Waals surface area contributed by atoms with Crippen LogP contribution in [-0.4, -0.2) is 29.2 Å². The summed E-state index contributed by atoms with van der Waals surface area (Å²) in [4.78, 5) is 37.0. The van der Waals surface area contributed by atoms with Crippen LogP contribution in [0.3, 0.4) is 0 Å². The van der Waals surface area contributed by atoms with E-state index < -0.39 is 0 Å². The van der Waals surface area contributed by atoms with Gasteiger partial charge in [-0.05, 0) is 31.9 Å². The van der Waals surface area contributed by atoms with Crippen LogP contribution in [0.25, 0.3) is 10.2 Å². The lowest BCUT2D eigenvalue weighted by Gasteiger charge is -2.28. The number of hydrogen-bond donors (Lipinski definition) is 2. The normalized spacial score (nSPS) is 17.4. The first kappa shape index (κ1) is 18.4. The Morgan fingerprint density at radius 1 is 1.46 bits per heavy atom. The first-order chi connectivity index (χ1) is 13.6. The number of pyridine rings is 1. The van der Waals surface area contributed by atoms with Crippen LogP contribution in [0.4, 0.5) is 16.2 Å². The van der Waals surface area contributed by atoms with Crippen molar-refractivity contribution in [3.05, 3.63) is 41.7 Å². The van der Waals surface area contributed by atoms with Crippen molar-refractivity contribution in [2.45, 2.75) is 38.6 Å². The largest absolute Gasteiger partial charge is 0.349 e. The Hall–Kier alpha value is -3.00. The summed E-state index contributed by atoms with van der Waals surface area (Å²) < 4.78 is 0. The van der Waals surface area contributed by atoms with E-state index >= 15 is 0 Å². The number of carbonyl (C=O) groups is 2. The van der Waals surface area contributed by atoms with Gasteiger partial charge in [-0.2, -0.15) is 0 Å². The van der Waals surface area contributed by atoms with Crippen LogP contribution in [0, 0.1) is 0 Å². The maximum atomic E-state index is 12.9. The molecule has 2 aromatic heterocycles. The minimum atomic E-state index is -0.356. The Morgan fingerprint density at radius 3 is 2.96 bits per heavy atom. The van der Waals surface area contributed by atoms with Crippen LogP contribution in [0.2, 0.25) is 0 Å². The number of aliphatic imine (C=N–C) groups is 1. The van der Waals surface area contributed by atoms with Gasteiger partial charge in [0.2, 0.25) is 0 Å². The summed E-state index contributed by atoms with van der Waals surface area (Å²) in [7, 11) is 0. The van der Waals surface area contributed by atoms with E-state index in [1.165, 1.54) is 16.2 Å². The zero-order valence-electron chi connectivity index (χ0n) is 15.6. The van der Waals surface area contributed by atoms with Crippen molar-refractivity contribution in [3.63, 3.8) is 0 Å². The van der Waals surface area contributed by atoms with Crippen molar-refractivity contribution in [1.29, 1.82) is 0 Å². The van der Waals surface area contributed by atoms with Gasteiger partial charge in [0.15, 0.2) is 0 Å². The lowest BCUT2D eigenvalue weighted by molar-refractivity contribution is 0.0943. The SMILES string of the molecule is C=C/C(=C\N=C/C)N1C(=O)Nc2c(C(=O)NC3CCCC3)sc3nccc1c23. The van der Waals surface area contributed by atoms with Crippen LogP contribution in [-0.2, 0) is 0 Å². The van der Waals surface area contributed by atoms with Gasteiger partial charge in [-0.3, -0.25) is 14.7 Å². The molecule has 0 aromatic carbocycles. The maximum absolute atomic E-state index is 12.9. The Morgan fingerprint density at radius 2 is 2.25 bits per heavy atom. The van der Waals surface area contributed by atoms with E-state index in [9.17, 15) is 9.59 Å². The molecule has 2 N–H and O–H groups in total. The van der Waals surface area contributed by atoms with Gasteiger partial charge in [0.1, 0.15) is 9.71 Å². The highest BCUT2D eigenvalue weighted by molar-refractivity contribution is 7.21. The molecule has 2 aromatic rings. The molecule has 0 atom stereocenters. The third-order valence-corrected chi connectivity index (χ3v) is 6.06. The second-order valence-electron chi connectivity index (χ2n) is 6.70. The zero-order valence-corrected chi connectivity index (χ0v) is 16.4. The second-order valence-corrected chi connectivity index (χ2v) is 7.70. The summed E-state index contributed by atoms with van der Waals surface area (Å²) in [6.45, 7) is 5.59. The molecule has 1 aliphatic carbocycles. The van der Waals surface area contributed by atoms with E-state index in [4.69, 9.17) is 0 Å². The van der Waals surface area contributed by atoms with Gasteiger partial charge in [-0.15, -0.1) is 11.3 Å². The van der Waals surface area contributed by atoms with E-state index in [-0.39, 0.29) is 18.0 Å². The molecule has 1 saturated carbocycles. The molecule has 0 bridgehead atoms. The van der Waals surface area contributed by atoms with E-state index in [1.54, 1.807) is 37.7 Å². The van der Waals surface area contributed by atoms with Gasteiger partial charge in [0, 0.05) is 18.5 Å². The third-order valence-electron chi connectivity index (χ3n) is 4.97. The standard InChI is InChI=1S/C20H21N5O2S/c1-3-13(11-21-4-2)25-14-9-10-22-19-15(14)16(24-20(25)27)17(28-19)18(26)23-12-7-5-6-8-12/h3-4,9-12H,1,5-8H2,2H3,(H,23,26)(H,24,27)/b13-11+,21-4-. The summed E-state index contributed by atoms with van der Waals surface area (Å²) in [5, 5.41) is 6.73. The number of amides is 3. The van der Waals surface area contributed by atoms with Crippen LogP contribution in [0.5, 0.6) is 0 Å². The van der Waals surface area contributed by atoms with Crippen molar-refractivity contribution in [1.82, 2.24) is 10.3 Å². The molecule has 28 heavy (non-hydrogen) atoms. The summed E-state index contributed by atoms with van der Waals surface area (Å²) >= 11 is 1.30. The van der Waals surface area contributed by atoms with Gasteiger partial charge < -0.3 is 10.6 Å². The first-order valence-corrected chi connectivity index (χ1v) is 10.1. The Bertz CT molecular complexity index is 1020. The molecule has 2 aliphatic rings. The fraction of sp³-hybridized carbons (Fsp3) is 0.300. The number of allylic oxidation sites excluding steroid dienone is 1. The van der Waals surface area contributed by atoms with Crippen molar-refractivity contribution in [2.75, 3.05) is 10.2 Å². The third kappa shape index (κ3) is 3.09. The second kappa shape index (κ2) is 7.55. The molecule has 0 saturated heterocycles. The molecule has 4 rings (SSSR count). The van der Waals surface area contributed by atoms with Crippen molar-refractivity contribution >= 4 is 51.1 Å². The van der Waals surface area contributed by atoms with E-state index in [0.717, 1.165) is 31.1 Å².